The van der Waals surface area contributed by atoms with Gasteiger partial charge in [-0.2, -0.15) is 0 Å². The summed E-state index contributed by atoms with van der Waals surface area (Å²) in [5.74, 6) is -1.85. The third kappa shape index (κ3) is 4.40. The van der Waals surface area contributed by atoms with E-state index >= 15 is 0 Å². The van der Waals surface area contributed by atoms with Crippen LogP contribution >= 0.6 is 11.3 Å². The molecule has 4 rings (SSSR count). The molecule has 32 heavy (non-hydrogen) atoms. The lowest BCUT2D eigenvalue weighted by molar-refractivity contribution is -0.122. The van der Waals surface area contributed by atoms with Crippen molar-refractivity contribution in [3.8, 4) is 22.8 Å². The van der Waals surface area contributed by atoms with E-state index in [0.717, 1.165) is 23.8 Å². The fraction of sp³-hybridized carbons (Fsp3) is 0.227. The molecule has 1 atom stereocenters. The zero-order valence-electron chi connectivity index (χ0n) is 17.2. The van der Waals surface area contributed by atoms with Crippen LogP contribution in [0.25, 0.3) is 11.3 Å². The topological polar surface area (TPSA) is 80.8 Å². The van der Waals surface area contributed by atoms with E-state index in [1.165, 1.54) is 16.2 Å². The maximum Gasteiger partial charge on any atom is 0.231 e. The van der Waals surface area contributed by atoms with E-state index in [0.29, 0.717) is 22.3 Å². The Morgan fingerprint density at radius 2 is 1.84 bits per heavy atom. The summed E-state index contributed by atoms with van der Waals surface area (Å²) in [5, 5.41) is 4.89. The Labute approximate surface area is 186 Å². The van der Waals surface area contributed by atoms with Crippen molar-refractivity contribution in [2.45, 2.75) is 6.42 Å². The van der Waals surface area contributed by atoms with Crippen LogP contribution in [0.4, 0.5) is 19.6 Å². The Bertz CT molecular complexity index is 1160. The summed E-state index contributed by atoms with van der Waals surface area (Å²) in [7, 11) is 3.09. The highest BCUT2D eigenvalue weighted by molar-refractivity contribution is 7.14. The zero-order valence-corrected chi connectivity index (χ0v) is 18.0. The number of rotatable bonds is 6. The number of ether oxygens (including phenoxy) is 2. The van der Waals surface area contributed by atoms with Crippen LogP contribution in [-0.4, -0.2) is 37.6 Å². The molecule has 1 N–H and O–H groups in total. The van der Waals surface area contributed by atoms with Crippen molar-refractivity contribution in [1.29, 1.82) is 0 Å². The molecule has 1 fully saturated rings. The van der Waals surface area contributed by atoms with Crippen molar-refractivity contribution in [3.05, 3.63) is 53.4 Å². The molecule has 3 aromatic rings. The van der Waals surface area contributed by atoms with Crippen molar-refractivity contribution < 1.29 is 27.8 Å². The van der Waals surface area contributed by atoms with Crippen molar-refractivity contribution >= 4 is 34.0 Å². The Hall–Kier alpha value is -3.53. The second-order valence-corrected chi connectivity index (χ2v) is 7.99. The highest BCUT2D eigenvalue weighted by Crippen LogP contribution is 2.34. The minimum Gasteiger partial charge on any atom is -0.493 e. The smallest absolute Gasteiger partial charge is 0.231 e. The Balaban J connectivity index is 1.45. The minimum atomic E-state index is -0.786. The summed E-state index contributed by atoms with van der Waals surface area (Å²) in [6.45, 7) is 0.0292. The van der Waals surface area contributed by atoms with Gasteiger partial charge >= 0.3 is 0 Å². The molecule has 10 heteroatoms. The number of thiazole rings is 1. The number of methoxy groups -OCH3 is 2. The Morgan fingerprint density at radius 1 is 1.12 bits per heavy atom. The van der Waals surface area contributed by atoms with E-state index in [4.69, 9.17) is 9.47 Å². The number of benzene rings is 2. The van der Waals surface area contributed by atoms with E-state index < -0.39 is 17.6 Å². The fourth-order valence-electron chi connectivity index (χ4n) is 3.49. The third-order valence-corrected chi connectivity index (χ3v) is 5.83. The molecule has 1 aliphatic rings. The molecule has 2 heterocycles. The maximum absolute atomic E-state index is 13.5. The number of nitrogens with zero attached hydrogens (tertiary/aromatic N) is 2. The van der Waals surface area contributed by atoms with Gasteiger partial charge in [0.1, 0.15) is 11.6 Å². The van der Waals surface area contributed by atoms with Gasteiger partial charge in [0.05, 0.1) is 25.8 Å². The van der Waals surface area contributed by atoms with Gasteiger partial charge in [0.2, 0.25) is 11.8 Å². The largest absolute Gasteiger partial charge is 0.493 e. The lowest BCUT2D eigenvalue weighted by Gasteiger charge is -2.16. The number of carbonyl (C=O) groups is 2. The van der Waals surface area contributed by atoms with Crippen LogP contribution in [0.3, 0.4) is 0 Å². The predicted molar refractivity (Wildman–Crippen MR) is 116 cm³/mol. The normalized spacial score (nSPS) is 15.7. The van der Waals surface area contributed by atoms with Crippen LogP contribution in [0.5, 0.6) is 11.5 Å². The maximum atomic E-state index is 13.5. The molecule has 2 aromatic carbocycles. The van der Waals surface area contributed by atoms with Crippen LogP contribution in [-0.2, 0) is 9.59 Å². The molecule has 1 aromatic heterocycles. The second-order valence-electron chi connectivity index (χ2n) is 7.13. The van der Waals surface area contributed by atoms with Crippen LogP contribution in [0, 0.1) is 17.6 Å². The number of hydrogen-bond acceptors (Lipinski definition) is 6. The van der Waals surface area contributed by atoms with E-state index in [2.05, 4.69) is 10.3 Å². The average molecular weight is 459 g/mol. The minimum absolute atomic E-state index is 0.0292. The number of aromatic nitrogens is 1. The van der Waals surface area contributed by atoms with Gasteiger partial charge < -0.3 is 19.7 Å². The van der Waals surface area contributed by atoms with Gasteiger partial charge in [0.25, 0.3) is 0 Å². The quantitative estimate of drug-likeness (QED) is 0.601. The van der Waals surface area contributed by atoms with E-state index in [-0.39, 0.29) is 30.5 Å². The molecule has 0 aliphatic carbocycles. The number of carbonyl (C=O) groups excluding carboxylic acids is 2. The van der Waals surface area contributed by atoms with Crippen LogP contribution < -0.4 is 19.7 Å². The zero-order chi connectivity index (χ0) is 22.8. The van der Waals surface area contributed by atoms with E-state index in [1.54, 1.807) is 31.7 Å². The molecule has 7 nitrogen and oxygen atoms in total. The summed E-state index contributed by atoms with van der Waals surface area (Å²) in [5.41, 5.74) is 1.52. The number of hydrogen-bond donors (Lipinski definition) is 1. The Morgan fingerprint density at radius 3 is 2.53 bits per heavy atom. The lowest BCUT2D eigenvalue weighted by Crippen LogP contribution is -2.28. The molecule has 0 radical (unpaired) electrons. The van der Waals surface area contributed by atoms with Gasteiger partial charge in [-0.15, -0.1) is 11.3 Å². The number of nitrogens with one attached hydrogen (secondary N) is 1. The van der Waals surface area contributed by atoms with E-state index in [1.807, 2.05) is 6.07 Å². The van der Waals surface area contributed by atoms with Gasteiger partial charge in [-0.1, -0.05) is 0 Å². The standard InChI is InChI=1S/C22H19F2N3O4S/c1-30-18-4-3-12(5-19(18)31-2)17-11-32-22(25-17)26-21(29)13-6-20(28)27(10-13)16-8-14(23)7-15(24)9-16/h3-5,7-9,11,13H,6,10H2,1-2H3,(H,25,26,29). The van der Waals surface area contributed by atoms with Crippen molar-refractivity contribution in [2.24, 2.45) is 5.92 Å². The first kappa shape index (κ1) is 21.7. The third-order valence-electron chi connectivity index (χ3n) is 5.07. The van der Waals surface area contributed by atoms with Crippen LogP contribution in [0.15, 0.2) is 41.8 Å². The second kappa shape index (κ2) is 8.91. The van der Waals surface area contributed by atoms with E-state index in [9.17, 15) is 18.4 Å². The molecule has 1 saturated heterocycles. The first-order valence-corrected chi connectivity index (χ1v) is 10.5. The van der Waals surface area contributed by atoms with Crippen molar-refractivity contribution in [2.75, 3.05) is 31.0 Å². The summed E-state index contributed by atoms with van der Waals surface area (Å²) in [6.07, 6.45) is -0.0577. The predicted octanol–water partition coefficient (Wildman–Crippen LogP) is 4.10. The summed E-state index contributed by atoms with van der Waals surface area (Å²) >= 11 is 1.24. The highest BCUT2D eigenvalue weighted by Gasteiger charge is 2.35. The van der Waals surface area contributed by atoms with Gasteiger partial charge in [-0.05, 0) is 30.3 Å². The summed E-state index contributed by atoms with van der Waals surface area (Å²) < 4.78 is 37.5. The van der Waals surface area contributed by atoms with Crippen LogP contribution in [0.2, 0.25) is 0 Å². The van der Waals surface area contributed by atoms with Gasteiger partial charge in [0, 0.05) is 35.7 Å². The Kier molecular flexibility index (Phi) is 6.04. The molecule has 0 saturated carbocycles. The van der Waals surface area contributed by atoms with Gasteiger partial charge in [-0.3, -0.25) is 9.59 Å². The lowest BCUT2D eigenvalue weighted by atomic mass is 10.1. The van der Waals surface area contributed by atoms with Crippen LogP contribution in [0.1, 0.15) is 6.42 Å². The highest BCUT2D eigenvalue weighted by atomic mass is 32.1. The number of anilines is 2. The number of amides is 2. The molecular weight excluding hydrogens is 440 g/mol. The number of halogens is 2. The SMILES string of the molecule is COc1ccc(-c2csc(NC(=O)C3CC(=O)N(c4cc(F)cc(F)c4)C3)n2)cc1OC. The van der Waals surface area contributed by atoms with Gasteiger partial charge in [0.15, 0.2) is 16.6 Å². The van der Waals surface area contributed by atoms with Gasteiger partial charge in [-0.25, -0.2) is 13.8 Å². The molecule has 1 unspecified atom stereocenters. The molecule has 0 spiro atoms. The van der Waals surface area contributed by atoms with Crippen molar-refractivity contribution in [3.63, 3.8) is 0 Å². The first-order valence-electron chi connectivity index (χ1n) is 9.63. The van der Waals surface area contributed by atoms with Crippen molar-refractivity contribution in [1.82, 2.24) is 4.98 Å². The fourth-order valence-corrected chi connectivity index (χ4v) is 4.22. The first-order chi connectivity index (χ1) is 15.4. The summed E-state index contributed by atoms with van der Waals surface area (Å²) in [4.78, 5) is 30.7. The summed E-state index contributed by atoms with van der Waals surface area (Å²) in [6, 6.07) is 8.24. The average Bonchev–Trinajstić information content (AvgIpc) is 3.39. The molecule has 166 valence electrons. The molecule has 1 aliphatic heterocycles. The molecular formula is C22H19F2N3O4S. The molecule has 0 bridgehead atoms. The monoisotopic (exact) mass is 459 g/mol. The molecule has 2 amide bonds.